The molecule has 0 saturated carbocycles. The third kappa shape index (κ3) is 9.28. The van der Waals surface area contributed by atoms with E-state index in [2.05, 4.69) is 4.74 Å². The van der Waals surface area contributed by atoms with Gasteiger partial charge in [-0.2, -0.15) is 0 Å². The zero-order chi connectivity index (χ0) is 7.98. The van der Waals surface area contributed by atoms with E-state index in [4.69, 9.17) is 5.11 Å². The first-order valence-electron chi connectivity index (χ1n) is 2.74. The molecule has 0 aliphatic rings. The van der Waals surface area contributed by atoms with Gasteiger partial charge in [-0.15, -0.1) is 0 Å². The molecule has 0 atom stereocenters. The minimum atomic E-state index is -1.16. The van der Waals surface area contributed by atoms with Gasteiger partial charge in [-0.25, -0.2) is 9.59 Å². The molecular formula is C6H9LiO4. The van der Waals surface area contributed by atoms with Gasteiger partial charge in [0.2, 0.25) is 0 Å². The Morgan fingerprint density at radius 2 is 2.00 bits per heavy atom. The minimum absolute atomic E-state index is 0. The van der Waals surface area contributed by atoms with Gasteiger partial charge >= 0.3 is 30.8 Å². The zero-order valence-corrected chi connectivity index (χ0v) is 5.53. The van der Waals surface area contributed by atoms with Gasteiger partial charge < -0.3 is 9.84 Å². The zero-order valence-electron chi connectivity index (χ0n) is 5.53. The Kier molecular flexibility index (Phi) is 8.67. The van der Waals surface area contributed by atoms with E-state index < -0.39 is 11.9 Å². The van der Waals surface area contributed by atoms with Crippen molar-refractivity contribution in [1.82, 2.24) is 0 Å². The van der Waals surface area contributed by atoms with E-state index >= 15 is 0 Å². The predicted octanol–water partition coefficient (Wildman–Crippen LogP) is -0.458. The fourth-order valence-electron chi connectivity index (χ4n) is 0.330. The number of rotatable bonds is 3. The summed E-state index contributed by atoms with van der Waals surface area (Å²) < 4.78 is 4.40. The molecular weight excluding hydrogens is 143 g/mol. The summed E-state index contributed by atoms with van der Waals surface area (Å²) >= 11 is 0. The molecule has 4 nitrogen and oxygen atoms in total. The summed E-state index contributed by atoms with van der Waals surface area (Å²) in [7, 11) is 0. The molecule has 0 bridgehead atoms. The van der Waals surface area contributed by atoms with Crippen LogP contribution in [-0.4, -0.2) is 42.5 Å². The first kappa shape index (κ1) is 12.9. The summed E-state index contributed by atoms with van der Waals surface area (Å²) in [5.74, 6) is -1.79. The average Bonchev–Trinajstić information content (AvgIpc) is 1.85. The predicted molar refractivity (Wildman–Crippen MR) is 40.6 cm³/mol. The van der Waals surface area contributed by atoms with Crippen molar-refractivity contribution in [2.24, 2.45) is 0 Å². The van der Waals surface area contributed by atoms with E-state index in [0.717, 1.165) is 12.2 Å². The quantitative estimate of drug-likeness (QED) is 0.337. The van der Waals surface area contributed by atoms with E-state index in [1.807, 2.05) is 0 Å². The van der Waals surface area contributed by atoms with Crippen LogP contribution in [0.25, 0.3) is 0 Å². The van der Waals surface area contributed by atoms with Gasteiger partial charge in [0.25, 0.3) is 0 Å². The van der Waals surface area contributed by atoms with E-state index in [0.29, 0.717) is 0 Å². The van der Waals surface area contributed by atoms with Gasteiger partial charge in [-0.1, -0.05) is 0 Å². The van der Waals surface area contributed by atoms with Crippen LogP contribution in [0.3, 0.4) is 0 Å². The Morgan fingerprint density at radius 1 is 1.45 bits per heavy atom. The molecule has 0 fully saturated rings. The Morgan fingerprint density at radius 3 is 2.36 bits per heavy atom. The molecule has 0 radical (unpaired) electrons. The molecule has 0 saturated heterocycles. The van der Waals surface area contributed by atoms with Crippen molar-refractivity contribution in [3.05, 3.63) is 12.2 Å². The Hall–Kier alpha value is -0.723. The van der Waals surface area contributed by atoms with Crippen molar-refractivity contribution in [3.8, 4) is 0 Å². The number of aliphatic carboxylic acids is 1. The summed E-state index contributed by atoms with van der Waals surface area (Å²) in [5.41, 5.74) is 0. The molecule has 58 valence electrons. The van der Waals surface area contributed by atoms with Crippen LogP contribution in [0.2, 0.25) is 0 Å². The summed E-state index contributed by atoms with van der Waals surface area (Å²) in [5, 5.41) is 8.04. The molecule has 0 spiro atoms. The number of ether oxygens (including phenoxy) is 1. The molecule has 0 aromatic rings. The molecule has 11 heavy (non-hydrogen) atoms. The first-order valence-corrected chi connectivity index (χ1v) is 2.74. The van der Waals surface area contributed by atoms with E-state index in [1.165, 1.54) is 0 Å². The Balaban J connectivity index is 0. The molecule has 0 aromatic heterocycles. The molecule has 0 heterocycles. The summed E-state index contributed by atoms with van der Waals surface area (Å²) in [6.45, 7) is 1.90. The van der Waals surface area contributed by atoms with Gasteiger partial charge in [-0.3, -0.25) is 0 Å². The van der Waals surface area contributed by atoms with Crippen molar-refractivity contribution in [2.45, 2.75) is 6.92 Å². The average molecular weight is 152 g/mol. The van der Waals surface area contributed by atoms with E-state index in [9.17, 15) is 9.59 Å². The van der Waals surface area contributed by atoms with Crippen LogP contribution in [0.4, 0.5) is 0 Å². The number of esters is 1. The molecule has 0 aromatic carbocycles. The first-order chi connectivity index (χ1) is 4.66. The number of hydrogen-bond acceptors (Lipinski definition) is 3. The van der Waals surface area contributed by atoms with Crippen molar-refractivity contribution < 1.29 is 19.4 Å². The second-order valence-corrected chi connectivity index (χ2v) is 1.42. The summed E-state index contributed by atoms with van der Waals surface area (Å²) in [6, 6.07) is 0. The SMILES string of the molecule is CCOC(=O)/C=C/C(=O)O.[LiH]. The topological polar surface area (TPSA) is 63.6 Å². The number of carbonyl (C=O) groups excluding carboxylic acids is 1. The van der Waals surface area contributed by atoms with Crippen molar-refractivity contribution in [2.75, 3.05) is 6.61 Å². The summed E-state index contributed by atoms with van der Waals surface area (Å²) in [4.78, 5) is 20.2. The van der Waals surface area contributed by atoms with Crippen LogP contribution >= 0.6 is 0 Å². The van der Waals surface area contributed by atoms with E-state index in [-0.39, 0.29) is 25.5 Å². The molecule has 0 aliphatic heterocycles. The number of carbonyl (C=O) groups is 2. The normalized spacial score (nSPS) is 8.82. The van der Waals surface area contributed by atoms with Gasteiger partial charge in [-0.05, 0) is 6.92 Å². The number of carboxylic acid groups (broad SMARTS) is 1. The molecule has 1 N–H and O–H groups in total. The van der Waals surface area contributed by atoms with Crippen molar-refractivity contribution >= 4 is 30.8 Å². The molecule has 0 rings (SSSR count). The van der Waals surface area contributed by atoms with Crippen LogP contribution in [0.15, 0.2) is 12.2 Å². The van der Waals surface area contributed by atoms with Crippen molar-refractivity contribution in [3.63, 3.8) is 0 Å². The van der Waals surface area contributed by atoms with Crippen LogP contribution in [0.5, 0.6) is 0 Å². The molecule has 0 unspecified atom stereocenters. The standard InChI is InChI=1S/C6H8O4.Li.H/c1-2-10-6(9)4-3-5(7)8;;/h3-4H,2H2,1H3,(H,7,8);;/b4-3+;;. The molecule has 0 aliphatic carbocycles. The van der Waals surface area contributed by atoms with Gasteiger partial charge in [0.15, 0.2) is 0 Å². The third-order valence-electron chi connectivity index (χ3n) is 0.649. The number of carboxylic acids is 1. The fraction of sp³-hybridized carbons (Fsp3) is 0.333. The fourth-order valence-corrected chi connectivity index (χ4v) is 0.330. The van der Waals surface area contributed by atoms with Crippen LogP contribution in [-0.2, 0) is 14.3 Å². The Bertz CT molecular complexity index is 164. The van der Waals surface area contributed by atoms with Crippen LogP contribution in [0, 0.1) is 0 Å². The Labute approximate surface area is 76.4 Å². The monoisotopic (exact) mass is 152 g/mol. The van der Waals surface area contributed by atoms with Gasteiger partial charge in [0.05, 0.1) is 6.61 Å². The van der Waals surface area contributed by atoms with Gasteiger partial charge in [0, 0.05) is 12.2 Å². The van der Waals surface area contributed by atoms with E-state index in [1.54, 1.807) is 6.92 Å². The summed E-state index contributed by atoms with van der Waals surface area (Å²) in [6.07, 6.45) is 1.60. The second-order valence-electron chi connectivity index (χ2n) is 1.42. The maximum atomic E-state index is 10.4. The van der Waals surface area contributed by atoms with Crippen molar-refractivity contribution in [1.29, 1.82) is 0 Å². The molecule has 5 heteroatoms. The maximum absolute atomic E-state index is 10.4. The third-order valence-corrected chi connectivity index (χ3v) is 0.649. The van der Waals surface area contributed by atoms with Gasteiger partial charge in [0.1, 0.15) is 0 Å². The molecule has 0 amide bonds. The van der Waals surface area contributed by atoms with Crippen LogP contribution in [0.1, 0.15) is 6.92 Å². The second kappa shape index (κ2) is 7.39. The number of hydrogen-bond donors (Lipinski definition) is 1. The van der Waals surface area contributed by atoms with Crippen LogP contribution < -0.4 is 0 Å².